The molecule has 1 amide bonds. The second kappa shape index (κ2) is 7.90. The standard InChI is InChI=1S/C21H20N4OS2/c1-12-7-8-16-14(9-12)10-15(11-22)20(23-16)27-13(2)19(26)25-21-24-17-5-3-4-6-18(17)28-21/h3-6,10,12-13H,7-9H2,1-2H3,(H,24,25,26). The van der Waals surface area contributed by atoms with E-state index in [0.29, 0.717) is 21.6 Å². The smallest absolute Gasteiger partial charge is 0.239 e. The predicted molar refractivity (Wildman–Crippen MR) is 114 cm³/mol. The van der Waals surface area contributed by atoms with E-state index in [1.165, 1.54) is 28.7 Å². The topological polar surface area (TPSA) is 78.7 Å². The molecule has 28 heavy (non-hydrogen) atoms. The lowest BCUT2D eigenvalue weighted by Gasteiger charge is -2.22. The van der Waals surface area contributed by atoms with Crippen molar-refractivity contribution in [2.45, 2.75) is 43.4 Å². The number of nitrogens with zero attached hydrogens (tertiary/aromatic N) is 3. The van der Waals surface area contributed by atoms with Crippen molar-refractivity contribution in [2.75, 3.05) is 5.32 Å². The number of thioether (sulfide) groups is 1. The highest BCUT2D eigenvalue weighted by atomic mass is 32.2. The third-order valence-corrected chi connectivity index (χ3v) is 6.95. The number of aryl methyl sites for hydroxylation is 1. The lowest BCUT2D eigenvalue weighted by molar-refractivity contribution is -0.115. The Kier molecular flexibility index (Phi) is 5.33. The first-order valence-corrected chi connectivity index (χ1v) is 11.0. The third kappa shape index (κ3) is 3.89. The molecule has 5 nitrogen and oxygen atoms in total. The summed E-state index contributed by atoms with van der Waals surface area (Å²) in [7, 11) is 0. The molecular weight excluding hydrogens is 388 g/mol. The number of fused-ring (bicyclic) bond motifs is 2. The Labute approximate surface area is 172 Å². The Morgan fingerprint density at radius 1 is 1.39 bits per heavy atom. The monoisotopic (exact) mass is 408 g/mol. The summed E-state index contributed by atoms with van der Waals surface area (Å²) in [5.41, 5.74) is 3.67. The van der Waals surface area contributed by atoms with Crippen molar-refractivity contribution in [2.24, 2.45) is 5.92 Å². The summed E-state index contributed by atoms with van der Waals surface area (Å²) in [6.45, 7) is 4.06. The fraction of sp³-hybridized carbons (Fsp3) is 0.333. The average Bonchev–Trinajstić information content (AvgIpc) is 3.09. The number of carbonyl (C=O) groups excluding carboxylic acids is 1. The SMILES string of the molecule is CC1CCc2nc(SC(C)C(=O)Nc3nc4ccccc4s3)c(C#N)cc2C1. The second-order valence-corrected chi connectivity index (χ2v) is 9.50. The van der Waals surface area contributed by atoms with E-state index in [-0.39, 0.29) is 11.2 Å². The normalized spacial score (nSPS) is 17.0. The first-order valence-electron chi connectivity index (χ1n) is 9.29. The number of aromatic nitrogens is 2. The van der Waals surface area contributed by atoms with Gasteiger partial charge < -0.3 is 5.32 Å². The van der Waals surface area contributed by atoms with Gasteiger partial charge in [0.2, 0.25) is 5.91 Å². The van der Waals surface area contributed by atoms with Crippen LogP contribution in [0.5, 0.6) is 0 Å². The number of nitrogens with one attached hydrogen (secondary N) is 1. The molecule has 1 aliphatic carbocycles. The molecule has 0 spiro atoms. The first kappa shape index (κ1) is 18.9. The molecule has 3 aromatic rings. The number of hydrogen-bond donors (Lipinski definition) is 1. The molecule has 0 aliphatic heterocycles. The Hall–Kier alpha value is -2.43. The molecule has 7 heteroatoms. The van der Waals surface area contributed by atoms with Crippen LogP contribution in [-0.4, -0.2) is 21.1 Å². The number of anilines is 1. The average molecular weight is 409 g/mol. The zero-order chi connectivity index (χ0) is 19.7. The van der Waals surface area contributed by atoms with E-state index < -0.39 is 0 Å². The van der Waals surface area contributed by atoms with Crippen molar-refractivity contribution < 1.29 is 4.79 Å². The van der Waals surface area contributed by atoms with Gasteiger partial charge in [0.05, 0.1) is 21.0 Å². The maximum absolute atomic E-state index is 12.6. The number of rotatable bonds is 4. The van der Waals surface area contributed by atoms with Crippen LogP contribution in [0.2, 0.25) is 0 Å². The molecule has 2 unspecified atom stereocenters. The number of nitriles is 1. The van der Waals surface area contributed by atoms with Crippen molar-refractivity contribution in [1.82, 2.24) is 9.97 Å². The summed E-state index contributed by atoms with van der Waals surface area (Å²) < 4.78 is 1.04. The molecule has 1 N–H and O–H groups in total. The van der Waals surface area contributed by atoms with Crippen LogP contribution in [0.4, 0.5) is 5.13 Å². The summed E-state index contributed by atoms with van der Waals surface area (Å²) >= 11 is 2.79. The number of benzene rings is 1. The lowest BCUT2D eigenvalue weighted by atomic mass is 9.87. The Bertz CT molecular complexity index is 1050. The molecular formula is C21H20N4OS2. The second-order valence-electron chi connectivity index (χ2n) is 7.14. The summed E-state index contributed by atoms with van der Waals surface area (Å²) in [5, 5.41) is 13.3. The van der Waals surface area contributed by atoms with Crippen LogP contribution in [0.3, 0.4) is 0 Å². The van der Waals surface area contributed by atoms with E-state index in [0.717, 1.165) is 35.2 Å². The highest BCUT2D eigenvalue weighted by Crippen LogP contribution is 2.32. The molecule has 0 saturated carbocycles. The zero-order valence-electron chi connectivity index (χ0n) is 15.7. The maximum Gasteiger partial charge on any atom is 0.239 e. The lowest BCUT2D eigenvalue weighted by Crippen LogP contribution is -2.23. The highest BCUT2D eigenvalue weighted by molar-refractivity contribution is 8.00. The molecule has 0 bridgehead atoms. The largest absolute Gasteiger partial charge is 0.301 e. The highest BCUT2D eigenvalue weighted by Gasteiger charge is 2.23. The molecule has 2 heterocycles. The summed E-state index contributed by atoms with van der Waals surface area (Å²) in [6.07, 6.45) is 3.02. The van der Waals surface area contributed by atoms with Crippen LogP contribution >= 0.6 is 23.1 Å². The van der Waals surface area contributed by atoms with Gasteiger partial charge in [-0.2, -0.15) is 5.26 Å². The van der Waals surface area contributed by atoms with Gasteiger partial charge in [0.15, 0.2) is 5.13 Å². The van der Waals surface area contributed by atoms with E-state index in [4.69, 9.17) is 4.98 Å². The molecule has 1 aliphatic rings. The van der Waals surface area contributed by atoms with Crippen LogP contribution in [0.25, 0.3) is 10.2 Å². The van der Waals surface area contributed by atoms with Gasteiger partial charge in [0, 0.05) is 5.69 Å². The molecule has 4 rings (SSSR count). The molecule has 2 aromatic heterocycles. The minimum absolute atomic E-state index is 0.138. The van der Waals surface area contributed by atoms with Crippen molar-refractivity contribution in [3.8, 4) is 6.07 Å². The fourth-order valence-corrected chi connectivity index (χ4v) is 5.12. The Balaban J connectivity index is 1.50. The summed E-state index contributed by atoms with van der Waals surface area (Å²) in [6, 6.07) is 12.0. The quantitative estimate of drug-likeness (QED) is 0.627. The van der Waals surface area contributed by atoms with E-state index in [9.17, 15) is 10.1 Å². The van der Waals surface area contributed by atoms with Gasteiger partial charge in [-0.05, 0) is 55.9 Å². The van der Waals surface area contributed by atoms with E-state index in [2.05, 4.69) is 23.3 Å². The summed E-state index contributed by atoms with van der Waals surface area (Å²) in [4.78, 5) is 21.8. The van der Waals surface area contributed by atoms with Crippen LogP contribution < -0.4 is 5.32 Å². The van der Waals surface area contributed by atoms with Crippen molar-refractivity contribution in [1.29, 1.82) is 5.26 Å². The van der Waals surface area contributed by atoms with Gasteiger partial charge in [-0.3, -0.25) is 4.79 Å². The van der Waals surface area contributed by atoms with Gasteiger partial charge in [-0.15, -0.1) is 0 Å². The maximum atomic E-state index is 12.6. The molecule has 142 valence electrons. The number of amides is 1. The fourth-order valence-electron chi connectivity index (χ4n) is 3.35. The zero-order valence-corrected chi connectivity index (χ0v) is 17.4. The van der Waals surface area contributed by atoms with Crippen LogP contribution in [-0.2, 0) is 17.6 Å². The van der Waals surface area contributed by atoms with Gasteiger partial charge in [0.25, 0.3) is 0 Å². The predicted octanol–water partition coefficient (Wildman–Crippen LogP) is 4.81. The Morgan fingerprint density at radius 3 is 3.00 bits per heavy atom. The minimum atomic E-state index is -0.382. The third-order valence-electron chi connectivity index (χ3n) is 4.90. The Morgan fingerprint density at radius 2 is 2.21 bits per heavy atom. The van der Waals surface area contributed by atoms with Crippen molar-refractivity contribution >= 4 is 44.4 Å². The van der Waals surface area contributed by atoms with Gasteiger partial charge in [0.1, 0.15) is 11.1 Å². The first-order chi connectivity index (χ1) is 13.5. The molecule has 1 aromatic carbocycles. The van der Waals surface area contributed by atoms with Gasteiger partial charge >= 0.3 is 0 Å². The van der Waals surface area contributed by atoms with Crippen LogP contribution in [0.15, 0.2) is 35.4 Å². The van der Waals surface area contributed by atoms with E-state index in [1.54, 1.807) is 0 Å². The molecule has 0 fully saturated rings. The number of thiazole rings is 1. The van der Waals surface area contributed by atoms with Gasteiger partial charge in [-0.25, -0.2) is 9.97 Å². The van der Waals surface area contributed by atoms with Crippen LogP contribution in [0, 0.1) is 17.2 Å². The van der Waals surface area contributed by atoms with E-state index >= 15 is 0 Å². The molecule has 0 radical (unpaired) electrons. The summed E-state index contributed by atoms with van der Waals surface area (Å²) in [5.74, 6) is 0.485. The minimum Gasteiger partial charge on any atom is -0.301 e. The number of pyridine rings is 1. The number of hydrogen-bond acceptors (Lipinski definition) is 6. The van der Waals surface area contributed by atoms with Gasteiger partial charge in [-0.1, -0.05) is 42.2 Å². The molecule has 2 atom stereocenters. The van der Waals surface area contributed by atoms with Crippen LogP contribution in [0.1, 0.15) is 37.1 Å². The van der Waals surface area contributed by atoms with Crippen molar-refractivity contribution in [3.05, 3.63) is 47.2 Å². The number of para-hydroxylation sites is 1. The van der Waals surface area contributed by atoms with Crippen molar-refractivity contribution in [3.63, 3.8) is 0 Å². The molecule has 0 saturated heterocycles. The number of carbonyl (C=O) groups is 1. The van der Waals surface area contributed by atoms with E-state index in [1.807, 2.05) is 37.3 Å².